The molecule has 0 unspecified atom stereocenters. The summed E-state index contributed by atoms with van der Waals surface area (Å²) in [7, 11) is 1.60. The Morgan fingerprint density at radius 1 is 1.04 bits per heavy atom. The van der Waals surface area contributed by atoms with E-state index in [9.17, 15) is 9.90 Å². The highest BCUT2D eigenvalue weighted by atomic mass is 16.5. The highest BCUT2D eigenvalue weighted by Crippen LogP contribution is 2.25. The third-order valence-electron chi connectivity index (χ3n) is 4.04. The highest BCUT2D eigenvalue weighted by molar-refractivity contribution is 5.78. The van der Waals surface area contributed by atoms with Gasteiger partial charge in [-0.25, -0.2) is 4.79 Å². The van der Waals surface area contributed by atoms with E-state index in [1.54, 1.807) is 14.0 Å². The van der Waals surface area contributed by atoms with Crippen molar-refractivity contribution >= 4 is 5.97 Å². The van der Waals surface area contributed by atoms with Gasteiger partial charge in [0.2, 0.25) is 5.60 Å². The fourth-order valence-electron chi connectivity index (χ4n) is 2.47. The van der Waals surface area contributed by atoms with Crippen molar-refractivity contribution in [2.45, 2.75) is 38.7 Å². The van der Waals surface area contributed by atoms with Crippen molar-refractivity contribution in [3.8, 4) is 11.5 Å². The Bertz CT molecular complexity index is 674. The van der Waals surface area contributed by atoms with Crippen molar-refractivity contribution < 1.29 is 19.4 Å². The smallest absolute Gasteiger partial charge is 0.348 e. The van der Waals surface area contributed by atoms with Crippen LogP contribution in [-0.2, 0) is 11.2 Å². The van der Waals surface area contributed by atoms with E-state index in [1.807, 2.05) is 48.5 Å². The number of ether oxygens (including phenoxy) is 2. The number of hydrogen-bond acceptors (Lipinski definition) is 3. The number of carboxylic acid groups (broad SMARTS) is 1. The number of carboxylic acids is 1. The van der Waals surface area contributed by atoms with Crippen LogP contribution in [0.15, 0.2) is 48.5 Å². The first-order chi connectivity index (χ1) is 11.3. The minimum Gasteiger partial charge on any atom is -0.497 e. The molecule has 0 aromatic heterocycles. The molecular weight excluding hydrogens is 304 g/mol. The third kappa shape index (κ3) is 4.28. The lowest BCUT2D eigenvalue weighted by Crippen LogP contribution is -2.43. The van der Waals surface area contributed by atoms with Crippen molar-refractivity contribution in [1.29, 1.82) is 0 Å². The molecule has 0 bridgehead atoms. The summed E-state index contributed by atoms with van der Waals surface area (Å²) in [5.74, 6) is 0.717. The summed E-state index contributed by atoms with van der Waals surface area (Å²) in [4.78, 5) is 11.8. The van der Waals surface area contributed by atoms with Gasteiger partial charge in [-0.05, 0) is 48.2 Å². The maximum Gasteiger partial charge on any atom is 0.348 e. The molecule has 1 N–H and O–H groups in total. The first kappa shape index (κ1) is 17.9. The minimum atomic E-state index is -1.34. The second kappa shape index (κ2) is 7.39. The molecule has 0 fully saturated rings. The number of rotatable bonds is 7. The zero-order valence-corrected chi connectivity index (χ0v) is 14.6. The van der Waals surface area contributed by atoms with Crippen LogP contribution in [0, 0.1) is 0 Å². The number of benzene rings is 2. The Morgan fingerprint density at radius 3 is 2.04 bits per heavy atom. The fourth-order valence-corrected chi connectivity index (χ4v) is 2.47. The van der Waals surface area contributed by atoms with Gasteiger partial charge >= 0.3 is 5.97 Å². The molecular formula is C20H24O4. The maximum atomic E-state index is 11.8. The molecule has 0 aliphatic rings. The van der Waals surface area contributed by atoms with Crippen LogP contribution in [0.1, 0.15) is 37.8 Å². The number of methoxy groups -OCH3 is 1. The Morgan fingerprint density at radius 2 is 1.58 bits per heavy atom. The van der Waals surface area contributed by atoms with Crippen molar-refractivity contribution in [1.82, 2.24) is 0 Å². The van der Waals surface area contributed by atoms with Crippen LogP contribution in [0.3, 0.4) is 0 Å². The molecule has 0 amide bonds. The van der Waals surface area contributed by atoms with Gasteiger partial charge in [-0.2, -0.15) is 0 Å². The molecule has 0 aliphatic heterocycles. The second-order valence-electron chi connectivity index (χ2n) is 6.39. The predicted octanol–water partition coefficient (Wildman–Crippen LogP) is 4.28. The molecule has 0 radical (unpaired) electrons. The molecule has 4 nitrogen and oxygen atoms in total. The van der Waals surface area contributed by atoms with E-state index in [0.717, 1.165) is 11.3 Å². The molecule has 2 aromatic carbocycles. The third-order valence-corrected chi connectivity index (χ3v) is 4.04. The topological polar surface area (TPSA) is 55.8 Å². The molecule has 128 valence electrons. The van der Waals surface area contributed by atoms with E-state index in [2.05, 4.69) is 13.8 Å². The van der Waals surface area contributed by atoms with Gasteiger partial charge in [0.05, 0.1) is 7.11 Å². The second-order valence-corrected chi connectivity index (χ2v) is 6.39. The van der Waals surface area contributed by atoms with Crippen LogP contribution in [0.2, 0.25) is 0 Å². The summed E-state index contributed by atoms with van der Waals surface area (Å²) in [5, 5.41) is 9.65. The molecule has 24 heavy (non-hydrogen) atoms. The van der Waals surface area contributed by atoms with E-state index in [0.29, 0.717) is 11.7 Å². The summed E-state index contributed by atoms with van der Waals surface area (Å²) in [5.41, 5.74) is 0.725. The Hall–Kier alpha value is -2.49. The van der Waals surface area contributed by atoms with E-state index < -0.39 is 11.6 Å². The van der Waals surface area contributed by atoms with Gasteiger partial charge in [0.25, 0.3) is 0 Å². The van der Waals surface area contributed by atoms with Gasteiger partial charge in [-0.15, -0.1) is 0 Å². The average molecular weight is 328 g/mol. The number of aliphatic carboxylic acids is 1. The standard InChI is InChI=1S/C20H24O4/c1-14(2)16-7-11-18(12-8-16)24-20(3,19(21)22)13-15-5-9-17(23-4)10-6-15/h5-12,14H,13H2,1-4H3,(H,21,22)/t20-/m1/s1. The van der Waals surface area contributed by atoms with Gasteiger partial charge in [0, 0.05) is 6.42 Å². The Labute approximate surface area is 143 Å². The van der Waals surface area contributed by atoms with Crippen molar-refractivity contribution in [3.05, 3.63) is 59.7 Å². The molecule has 0 heterocycles. The lowest BCUT2D eigenvalue weighted by atomic mass is 9.96. The van der Waals surface area contributed by atoms with Gasteiger partial charge in [-0.3, -0.25) is 0 Å². The minimum absolute atomic E-state index is 0.262. The predicted molar refractivity (Wildman–Crippen MR) is 93.9 cm³/mol. The van der Waals surface area contributed by atoms with Crippen LogP contribution in [0.4, 0.5) is 0 Å². The van der Waals surface area contributed by atoms with Crippen LogP contribution in [0.25, 0.3) is 0 Å². The van der Waals surface area contributed by atoms with Crippen molar-refractivity contribution in [2.24, 2.45) is 0 Å². The Kier molecular flexibility index (Phi) is 5.50. The van der Waals surface area contributed by atoms with Gasteiger partial charge in [-0.1, -0.05) is 38.1 Å². The van der Waals surface area contributed by atoms with E-state index in [-0.39, 0.29) is 6.42 Å². The number of hydrogen-bond donors (Lipinski definition) is 1. The molecule has 0 saturated heterocycles. The summed E-state index contributed by atoms with van der Waals surface area (Å²) in [6, 6.07) is 14.9. The normalized spacial score (nSPS) is 13.4. The Balaban J connectivity index is 2.18. The van der Waals surface area contributed by atoms with Crippen molar-refractivity contribution in [3.63, 3.8) is 0 Å². The van der Waals surface area contributed by atoms with E-state index in [1.165, 1.54) is 5.56 Å². The van der Waals surface area contributed by atoms with Crippen LogP contribution < -0.4 is 9.47 Å². The van der Waals surface area contributed by atoms with Crippen molar-refractivity contribution in [2.75, 3.05) is 7.11 Å². The maximum absolute atomic E-state index is 11.8. The largest absolute Gasteiger partial charge is 0.497 e. The molecule has 2 aromatic rings. The zero-order valence-electron chi connectivity index (χ0n) is 14.6. The van der Waals surface area contributed by atoms with Gasteiger partial charge in [0.15, 0.2) is 0 Å². The molecule has 0 spiro atoms. The highest BCUT2D eigenvalue weighted by Gasteiger charge is 2.36. The number of carbonyl (C=O) groups is 1. The molecule has 4 heteroatoms. The van der Waals surface area contributed by atoms with Gasteiger partial charge in [0.1, 0.15) is 11.5 Å². The lowest BCUT2D eigenvalue weighted by Gasteiger charge is -2.27. The molecule has 0 saturated carbocycles. The summed E-state index contributed by atoms with van der Waals surface area (Å²) in [6.07, 6.45) is 0.262. The first-order valence-corrected chi connectivity index (χ1v) is 7.99. The molecule has 1 atom stereocenters. The van der Waals surface area contributed by atoms with Crippen LogP contribution >= 0.6 is 0 Å². The first-order valence-electron chi connectivity index (χ1n) is 7.99. The zero-order chi connectivity index (χ0) is 17.7. The SMILES string of the molecule is COc1ccc(C[C@@](C)(Oc2ccc(C(C)C)cc2)C(=O)O)cc1. The van der Waals surface area contributed by atoms with Crippen LogP contribution in [-0.4, -0.2) is 23.8 Å². The summed E-state index contributed by atoms with van der Waals surface area (Å²) < 4.78 is 11.0. The lowest BCUT2D eigenvalue weighted by molar-refractivity contribution is -0.153. The summed E-state index contributed by atoms with van der Waals surface area (Å²) >= 11 is 0. The average Bonchev–Trinajstić information content (AvgIpc) is 2.56. The molecule has 0 aliphatic carbocycles. The van der Waals surface area contributed by atoms with E-state index >= 15 is 0 Å². The monoisotopic (exact) mass is 328 g/mol. The van der Waals surface area contributed by atoms with E-state index in [4.69, 9.17) is 9.47 Å². The van der Waals surface area contributed by atoms with Crippen LogP contribution in [0.5, 0.6) is 11.5 Å². The quantitative estimate of drug-likeness (QED) is 0.824. The summed E-state index contributed by atoms with van der Waals surface area (Å²) in [6.45, 7) is 5.82. The van der Waals surface area contributed by atoms with Gasteiger partial charge < -0.3 is 14.6 Å². The fraction of sp³-hybridized carbons (Fsp3) is 0.350. The molecule has 2 rings (SSSR count).